The van der Waals surface area contributed by atoms with Crippen molar-refractivity contribution in [3.63, 3.8) is 0 Å². The molecule has 22 heavy (non-hydrogen) atoms. The van der Waals surface area contributed by atoms with Crippen molar-refractivity contribution >= 4 is 23.7 Å². The topological polar surface area (TPSA) is 65.1 Å². The molecule has 1 aliphatic rings. The number of esters is 1. The molecule has 1 amide bonds. The maximum atomic E-state index is 12.2. The van der Waals surface area contributed by atoms with Crippen LogP contribution in [0.1, 0.15) is 17.9 Å². The molecule has 0 saturated carbocycles. The molecule has 2 rings (SSSR count). The molecule has 0 radical (unpaired) electrons. The normalized spacial score (nSPS) is 24.2. The van der Waals surface area contributed by atoms with Crippen LogP contribution < -0.4 is 0 Å². The summed E-state index contributed by atoms with van der Waals surface area (Å²) in [6.45, 7) is 0.289. The number of methoxy groups -OCH3 is 3. The number of carbonyl (C=O) groups excluding carboxylic acids is 2. The van der Waals surface area contributed by atoms with Crippen molar-refractivity contribution in [1.82, 2.24) is 4.90 Å². The molecule has 1 aromatic rings. The van der Waals surface area contributed by atoms with E-state index in [2.05, 4.69) is 0 Å². The second-order valence-electron chi connectivity index (χ2n) is 5.01. The highest BCUT2D eigenvalue weighted by Crippen LogP contribution is 2.41. The van der Waals surface area contributed by atoms with Gasteiger partial charge in [-0.05, 0) is 17.7 Å². The second-order valence-corrected chi connectivity index (χ2v) is 5.45. The Morgan fingerprint density at radius 2 is 1.82 bits per heavy atom. The molecule has 1 aliphatic heterocycles. The van der Waals surface area contributed by atoms with Gasteiger partial charge < -0.3 is 14.2 Å². The number of rotatable bonds is 3. The molecule has 1 unspecified atom stereocenters. The number of benzene rings is 1. The summed E-state index contributed by atoms with van der Waals surface area (Å²) in [4.78, 5) is 25.5. The summed E-state index contributed by atoms with van der Waals surface area (Å²) in [5, 5.41) is 0.623. The maximum Gasteiger partial charge on any atom is 0.412 e. The Morgan fingerprint density at radius 1 is 1.18 bits per heavy atom. The van der Waals surface area contributed by atoms with Gasteiger partial charge in [-0.25, -0.2) is 9.59 Å². The number of amides is 1. The van der Waals surface area contributed by atoms with Gasteiger partial charge in [-0.2, -0.15) is 0 Å². The van der Waals surface area contributed by atoms with Crippen LogP contribution in [0.4, 0.5) is 4.79 Å². The lowest BCUT2D eigenvalue weighted by Gasteiger charge is -2.32. The first-order chi connectivity index (χ1) is 10.5. The molecule has 0 spiro atoms. The van der Waals surface area contributed by atoms with E-state index in [1.807, 2.05) is 12.1 Å². The molecule has 2 atom stereocenters. The standard InChI is InChI=1S/C15H18ClNO5/c1-20-13(18)15(22-3)8-11(9-17(15)14(19)21-2)10-4-6-12(16)7-5-10/h4-7,11H,8-9H2,1-3H3/t11-,15?/m1/s1. The summed E-state index contributed by atoms with van der Waals surface area (Å²) in [5.41, 5.74) is -0.521. The van der Waals surface area contributed by atoms with Crippen molar-refractivity contribution in [1.29, 1.82) is 0 Å². The second kappa shape index (κ2) is 6.54. The van der Waals surface area contributed by atoms with Crippen LogP contribution in [0, 0.1) is 0 Å². The fraction of sp³-hybridized carbons (Fsp3) is 0.467. The summed E-state index contributed by atoms with van der Waals surface area (Å²) in [7, 11) is 3.89. The van der Waals surface area contributed by atoms with E-state index in [0.29, 0.717) is 5.02 Å². The Bertz CT molecular complexity index is 562. The van der Waals surface area contributed by atoms with Gasteiger partial charge in [0.15, 0.2) is 0 Å². The SMILES string of the molecule is COC(=O)N1C[C@H](c2ccc(Cl)cc2)CC1(OC)C(=O)OC. The summed E-state index contributed by atoms with van der Waals surface area (Å²) < 4.78 is 15.0. The molecule has 0 aromatic heterocycles. The first kappa shape index (κ1) is 16.6. The molecule has 7 heteroatoms. The lowest BCUT2D eigenvalue weighted by Crippen LogP contribution is -2.55. The first-order valence-electron chi connectivity index (χ1n) is 6.73. The van der Waals surface area contributed by atoms with Crippen LogP contribution in [0.5, 0.6) is 0 Å². The Kier molecular flexibility index (Phi) is 4.93. The van der Waals surface area contributed by atoms with Gasteiger partial charge in [-0.15, -0.1) is 0 Å². The van der Waals surface area contributed by atoms with E-state index in [1.165, 1.54) is 26.2 Å². The highest BCUT2D eigenvalue weighted by molar-refractivity contribution is 6.30. The van der Waals surface area contributed by atoms with Gasteiger partial charge in [0.1, 0.15) is 0 Å². The third kappa shape index (κ3) is 2.76. The Labute approximate surface area is 133 Å². The highest BCUT2D eigenvalue weighted by Gasteiger charge is 2.56. The number of carbonyl (C=O) groups is 2. The smallest absolute Gasteiger partial charge is 0.412 e. The minimum absolute atomic E-state index is 0.0876. The molecular weight excluding hydrogens is 310 g/mol. The zero-order chi connectivity index (χ0) is 16.3. The van der Waals surface area contributed by atoms with Crippen molar-refractivity contribution in [3.05, 3.63) is 34.9 Å². The Hall–Kier alpha value is -1.79. The molecule has 1 fully saturated rings. The van der Waals surface area contributed by atoms with Gasteiger partial charge in [0.2, 0.25) is 5.72 Å². The number of halogens is 1. The zero-order valence-corrected chi connectivity index (χ0v) is 13.4. The van der Waals surface area contributed by atoms with E-state index >= 15 is 0 Å². The fourth-order valence-electron chi connectivity index (χ4n) is 2.80. The van der Waals surface area contributed by atoms with E-state index in [0.717, 1.165) is 5.56 Å². The molecule has 120 valence electrons. The first-order valence-corrected chi connectivity index (χ1v) is 7.11. The van der Waals surface area contributed by atoms with E-state index in [9.17, 15) is 9.59 Å². The van der Waals surface area contributed by atoms with Crippen molar-refractivity contribution in [2.75, 3.05) is 27.9 Å². The van der Waals surface area contributed by atoms with E-state index in [4.69, 9.17) is 25.8 Å². The fourth-order valence-corrected chi connectivity index (χ4v) is 2.92. The molecular formula is C15H18ClNO5. The van der Waals surface area contributed by atoms with Crippen molar-refractivity contribution in [2.45, 2.75) is 18.1 Å². The molecule has 0 aliphatic carbocycles. The quantitative estimate of drug-likeness (QED) is 0.798. The summed E-state index contributed by atoms with van der Waals surface area (Å²) in [6.07, 6.45) is -0.351. The third-order valence-electron chi connectivity index (χ3n) is 3.94. The van der Waals surface area contributed by atoms with Crippen LogP contribution >= 0.6 is 11.6 Å². The molecule has 1 aromatic carbocycles. The van der Waals surface area contributed by atoms with Gasteiger partial charge in [-0.1, -0.05) is 23.7 Å². The highest BCUT2D eigenvalue weighted by atomic mass is 35.5. The number of hydrogen-bond acceptors (Lipinski definition) is 5. The average molecular weight is 328 g/mol. The number of hydrogen-bond donors (Lipinski definition) is 0. The number of nitrogens with zero attached hydrogens (tertiary/aromatic N) is 1. The number of likely N-dealkylation sites (tertiary alicyclic amines) is 1. The largest absolute Gasteiger partial charge is 0.465 e. The lowest BCUT2D eigenvalue weighted by molar-refractivity contribution is -0.183. The van der Waals surface area contributed by atoms with Crippen LogP contribution in [-0.2, 0) is 19.0 Å². The van der Waals surface area contributed by atoms with Gasteiger partial charge in [0.05, 0.1) is 14.2 Å². The van der Waals surface area contributed by atoms with E-state index in [-0.39, 0.29) is 18.9 Å². The van der Waals surface area contributed by atoms with Crippen LogP contribution in [0.2, 0.25) is 5.02 Å². The monoisotopic (exact) mass is 327 g/mol. The molecule has 0 bridgehead atoms. The lowest BCUT2D eigenvalue weighted by atomic mass is 9.95. The zero-order valence-electron chi connectivity index (χ0n) is 12.7. The maximum absolute atomic E-state index is 12.2. The van der Waals surface area contributed by atoms with Crippen LogP contribution in [0.25, 0.3) is 0 Å². The van der Waals surface area contributed by atoms with Gasteiger partial charge in [0, 0.05) is 31.0 Å². The van der Waals surface area contributed by atoms with Gasteiger partial charge >= 0.3 is 12.1 Å². The minimum Gasteiger partial charge on any atom is -0.465 e. The molecule has 0 N–H and O–H groups in total. The number of ether oxygens (including phenoxy) is 3. The summed E-state index contributed by atoms with van der Waals surface area (Å²) >= 11 is 5.89. The van der Waals surface area contributed by atoms with Crippen molar-refractivity contribution in [2.24, 2.45) is 0 Å². The Balaban J connectivity index is 2.37. The molecule has 6 nitrogen and oxygen atoms in total. The van der Waals surface area contributed by atoms with Gasteiger partial charge in [-0.3, -0.25) is 4.90 Å². The van der Waals surface area contributed by atoms with Crippen molar-refractivity contribution < 1.29 is 23.8 Å². The van der Waals surface area contributed by atoms with E-state index in [1.54, 1.807) is 12.1 Å². The third-order valence-corrected chi connectivity index (χ3v) is 4.19. The molecule has 1 heterocycles. The van der Waals surface area contributed by atoms with Crippen LogP contribution in [0.15, 0.2) is 24.3 Å². The predicted molar refractivity (Wildman–Crippen MR) is 79.7 cm³/mol. The predicted octanol–water partition coefficient (Wildman–Crippen LogP) is 2.41. The van der Waals surface area contributed by atoms with Crippen LogP contribution in [0.3, 0.4) is 0 Å². The van der Waals surface area contributed by atoms with Crippen LogP contribution in [-0.4, -0.2) is 50.6 Å². The van der Waals surface area contributed by atoms with Crippen molar-refractivity contribution in [3.8, 4) is 0 Å². The summed E-state index contributed by atoms with van der Waals surface area (Å²) in [6, 6.07) is 7.27. The Morgan fingerprint density at radius 3 is 2.32 bits per heavy atom. The van der Waals surface area contributed by atoms with Gasteiger partial charge in [0.25, 0.3) is 0 Å². The average Bonchev–Trinajstić information content (AvgIpc) is 2.95. The minimum atomic E-state index is -1.48. The summed E-state index contributed by atoms with van der Waals surface area (Å²) in [5.74, 6) is -0.715. The molecule has 1 saturated heterocycles. The van der Waals surface area contributed by atoms with E-state index < -0.39 is 17.8 Å².